The van der Waals surface area contributed by atoms with Gasteiger partial charge in [-0.1, -0.05) is 23.7 Å². The SMILES string of the molecule is CCOc1ccccc1NC(=O)c1ccc(Cl)cc1N1CCCC1=O. The van der Waals surface area contributed by atoms with Crippen molar-refractivity contribution in [2.45, 2.75) is 19.8 Å². The van der Waals surface area contributed by atoms with Gasteiger partial charge in [-0.3, -0.25) is 9.59 Å². The molecule has 1 aliphatic rings. The highest BCUT2D eigenvalue weighted by Crippen LogP contribution is 2.30. The molecule has 0 radical (unpaired) electrons. The largest absolute Gasteiger partial charge is 0.492 e. The molecule has 0 saturated carbocycles. The van der Waals surface area contributed by atoms with Gasteiger partial charge in [0, 0.05) is 18.0 Å². The first-order chi connectivity index (χ1) is 12.1. The minimum atomic E-state index is -0.307. The summed E-state index contributed by atoms with van der Waals surface area (Å²) in [6, 6.07) is 12.2. The number of benzene rings is 2. The number of carbonyl (C=O) groups excluding carboxylic acids is 2. The summed E-state index contributed by atoms with van der Waals surface area (Å²) in [5.41, 5.74) is 1.54. The van der Waals surface area contributed by atoms with Gasteiger partial charge in [-0.05, 0) is 43.7 Å². The highest BCUT2D eigenvalue weighted by atomic mass is 35.5. The standard InChI is InChI=1S/C19H19ClN2O3/c1-2-25-17-7-4-3-6-15(17)21-19(24)14-10-9-13(20)12-16(14)22-11-5-8-18(22)23/h3-4,6-7,9-10,12H,2,5,8,11H2,1H3,(H,21,24). The number of hydrogen-bond donors (Lipinski definition) is 1. The van der Waals surface area contributed by atoms with Crippen LogP contribution in [0.1, 0.15) is 30.1 Å². The number of para-hydroxylation sites is 2. The van der Waals surface area contributed by atoms with Crippen molar-refractivity contribution in [3.8, 4) is 5.75 Å². The van der Waals surface area contributed by atoms with Crippen molar-refractivity contribution < 1.29 is 14.3 Å². The summed E-state index contributed by atoms with van der Waals surface area (Å²) < 4.78 is 5.54. The molecule has 130 valence electrons. The Morgan fingerprint density at radius 2 is 2.08 bits per heavy atom. The van der Waals surface area contributed by atoms with Gasteiger partial charge in [-0.2, -0.15) is 0 Å². The van der Waals surface area contributed by atoms with Gasteiger partial charge in [0.05, 0.1) is 23.5 Å². The maximum Gasteiger partial charge on any atom is 0.257 e. The topological polar surface area (TPSA) is 58.6 Å². The smallest absolute Gasteiger partial charge is 0.257 e. The molecule has 3 rings (SSSR count). The Morgan fingerprint density at radius 3 is 2.80 bits per heavy atom. The Hall–Kier alpha value is -2.53. The van der Waals surface area contributed by atoms with E-state index >= 15 is 0 Å². The van der Waals surface area contributed by atoms with Gasteiger partial charge in [0.25, 0.3) is 5.91 Å². The summed E-state index contributed by atoms with van der Waals surface area (Å²) in [5, 5.41) is 3.35. The van der Waals surface area contributed by atoms with Crippen LogP contribution in [0.5, 0.6) is 5.75 Å². The van der Waals surface area contributed by atoms with E-state index in [4.69, 9.17) is 16.3 Å². The van der Waals surface area contributed by atoms with Crippen molar-refractivity contribution in [3.63, 3.8) is 0 Å². The number of rotatable bonds is 5. The Kier molecular flexibility index (Phi) is 5.24. The van der Waals surface area contributed by atoms with Crippen LogP contribution in [-0.4, -0.2) is 25.0 Å². The van der Waals surface area contributed by atoms with Gasteiger partial charge in [-0.15, -0.1) is 0 Å². The summed E-state index contributed by atoms with van der Waals surface area (Å²) >= 11 is 6.08. The number of hydrogen-bond acceptors (Lipinski definition) is 3. The van der Waals surface area contributed by atoms with E-state index in [9.17, 15) is 9.59 Å². The quantitative estimate of drug-likeness (QED) is 0.874. The normalized spacial score (nSPS) is 13.8. The molecule has 1 aliphatic heterocycles. The molecular formula is C19H19ClN2O3. The third-order valence-corrected chi connectivity index (χ3v) is 4.24. The van der Waals surface area contributed by atoms with E-state index in [2.05, 4.69) is 5.32 Å². The van der Waals surface area contributed by atoms with Crippen LogP contribution in [0.2, 0.25) is 5.02 Å². The first-order valence-corrected chi connectivity index (χ1v) is 8.61. The molecule has 0 aromatic heterocycles. The van der Waals surface area contributed by atoms with Crippen LogP contribution in [0, 0.1) is 0 Å². The molecule has 1 saturated heterocycles. The van der Waals surface area contributed by atoms with Gasteiger partial charge in [0.2, 0.25) is 5.91 Å². The van der Waals surface area contributed by atoms with Crippen molar-refractivity contribution in [2.75, 3.05) is 23.4 Å². The van der Waals surface area contributed by atoms with Crippen molar-refractivity contribution in [1.29, 1.82) is 0 Å². The zero-order chi connectivity index (χ0) is 17.8. The third kappa shape index (κ3) is 3.77. The van der Waals surface area contributed by atoms with Crippen LogP contribution in [0.3, 0.4) is 0 Å². The fourth-order valence-electron chi connectivity index (χ4n) is 2.86. The molecule has 0 spiro atoms. The highest BCUT2D eigenvalue weighted by molar-refractivity contribution is 6.31. The van der Waals surface area contributed by atoms with Crippen LogP contribution in [-0.2, 0) is 4.79 Å². The lowest BCUT2D eigenvalue weighted by molar-refractivity contribution is -0.117. The molecule has 2 aromatic rings. The van der Waals surface area contributed by atoms with Gasteiger partial charge >= 0.3 is 0 Å². The number of halogens is 1. The summed E-state index contributed by atoms with van der Waals surface area (Å²) in [4.78, 5) is 26.5. The van der Waals surface area contributed by atoms with Crippen LogP contribution in [0.4, 0.5) is 11.4 Å². The number of ether oxygens (including phenoxy) is 1. The zero-order valence-electron chi connectivity index (χ0n) is 13.9. The third-order valence-electron chi connectivity index (χ3n) is 4.00. The maximum absolute atomic E-state index is 12.8. The van der Waals surface area contributed by atoms with Crippen LogP contribution < -0.4 is 15.0 Å². The Morgan fingerprint density at radius 1 is 1.28 bits per heavy atom. The summed E-state index contributed by atoms with van der Waals surface area (Å²) in [7, 11) is 0. The Bertz CT molecular complexity index is 807. The lowest BCUT2D eigenvalue weighted by Crippen LogP contribution is -2.27. The van der Waals surface area contributed by atoms with E-state index < -0.39 is 0 Å². The van der Waals surface area contributed by atoms with Crippen molar-refractivity contribution in [1.82, 2.24) is 0 Å². The van der Waals surface area contributed by atoms with E-state index in [0.29, 0.717) is 47.3 Å². The van der Waals surface area contributed by atoms with Gasteiger partial charge in [-0.25, -0.2) is 0 Å². The molecule has 6 heteroatoms. The fourth-order valence-corrected chi connectivity index (χ4v) is 3.03. The van der Waals surface area contributed by atoms with E-state index in [-0.39, 0.29) is 11.8 Å². The number of nitrogens with zero attached hydrogens (tertiary/aromatic N) is 1. The number of anilines is 2. The first kappa shape index (κ1) is 17.3. The number of nitrogens with one attached hydrogen (secondary N) is 1. The van der Waals surface area contributed by atoms with E-state index in [1.807, 2.05) is 19.1 Å². The minimum absolute atomic E-state index is 0.00559. The average molecular weight is 359 g/mol. The molecule has 0 aliphatic carbocycles. The molecule has 5 nitrogen and oxygen atoms in total. The van der Waals surface area contributed by atoms with Crippen LogP contribution >= 0.6 is 11.6 Å². The van der Waals surface area contributed by atoms with Gasteiger partial charge < -0.3 is 15.0 Å². The summed E-state index contributed by atoms with van der Waals surface area (Å²) in [6.07, 6.45) is 1.26. The van der Waals surface area contributed by atoms with E-state index in [1.165, 1.54) is 0 Å². The molecule has 1 heterocycles. The highest BCUT2D eigenvalue weighted by Gasteiger charge is 2.26. The predicted molar refractivity (Wildman–Crippen MR) is 98.6 cm³/mol. The number of carbonyl (C=O) groups is 2. The maximum atomic E-state index is 12.8. The van der Waals surface area contributed by atoms with Crippen LogP contribution in [0.25, 0.3) is 0 Å². The number of amides is 2. The summed E-state index contributed by atoms with van der Waals surface area (Å²) in [6.45, 7) is 2.98. The van der Waals surface area contributed by atoms with Crippen LogP contribution in [0.15, 0.2) is 42.5 Å². The van der Waals surface area contributed by atoms with E-state index in [1.54, 1.807) is 35.2 Å². The molecule has 2 aromatic carbocycles. The van der Waals surface area contributed by atoms with Crippen molar-refractivity contribution >= 4 is 34.8 Å². The minimum Gasteiger partial charge on any atom is -0.492 e. The fraction of sp³-hybridized carbons (Fsp3) is 0.263. The molecular weight excluding hydrogens is 340 g/mol. The average Bonchev–Trinajstić information content (AvgIpc) is 3.02. The second-order valence-corrected chi connectivity index (χ2v) is 6.13. The zero-order valence-corrected chi connectivity index (χ0v) is 14.7. The van der Waals surface area contributed by atoms with Gasteiger partial charge in [0.1, 0.15) is 5.75 Å². The second-order valence-electron chi connectivity index (χ2n) is 5.69. The molecule has 0 atom stereocenters. The summed E-state index contributed by atoms with van der Waals surface area (Å²) in [5.74, 6) is 0.302. The molecule has 1 N–H and O–H groups in total. The van der Waals surface area contributed by atoms with Gasteiger partial charge in [0.15, 0.2) is 0 Å². The Labute approximate surface area is 151 Å². The molecule has 25 heavy (non-hydrogen) atoms. The predicted octanol–water partition coefficient (Wildman–Crippen LogP) is 4.12. The molecule has 0 bridgehead atoms. The van der Waals surface area contributed by atoms with E-state index in [0.717, 1.165) is 6.42 Å². The second kappa shape index (κ2) is 7.57. The first-order valence-electron chi connectivity index (χ1n) is 8.23. The monoisotopic (exact) mass is 358 g/mol. The lowest BCUT2D eigenvalue weighted by atomic mass is 10.1. The molecule has 1 fully saturated rings. The lowest BCUT2D eigenvalue weighted by Gasteiger charge is -2.20. The molecule has 2 amide bonds. The molecule has 0 unspecified atom stereocenters. The van der Waals surface area contributed by atoms with Crippen molar-refractivity contribution in [3.05, 3.63) is 53.1 Å². The Balaban J connectivity index is 1.91. The van der Waals surface area contributed by atoms with Crippen molar-refractivity contribution in [2.24, 2.45) is 0 Å².